The number of hydrogen-bond donors (Lipinski definition) is 1. The van der Waals surface area contributed by atoms with Gasteiger partial charge in [0.1, 0.15) is 0 Å². The molecule has 2 bridgehead atoms. The highest BCUT2D eigenvalue weighted by molar-refractivity contribution is 5.83. The molecule has 1 heterocycles. The molecule has 0 radical (unpaired) electrons. The number of carbonyl (C=O) groups is 1. The minimum absolute atomic E-state index is 0.0243. The van der Waals surface area contributed by atoms with Crippen LogP contribution >= 0.6 is 0 Å². The van der Waals surface area contributed by atoms with E-state index in [2.05, 4.69) is 29.3 Å². The molecule has 2 saturated carbocycles. The zero-order valence-electron chi connectivity index (χ0n) is 15.5. The van der Waals surface area contributed by atoms with Crippen LogP contribution in [0.25, 0.3) is 0 Å². The second kappa shape index (κ2) is 7.49. The van der Waals surface area contributed by atoms with Crippen molar-refractivity contribution in [3.63, 3.8) is 0 Å². The third-order valence-corrected chi connectivity index (χ3v) is 6.90. The first kappa shape index (κ1) is 17.1. The Morgan fingerprint density at radius 1 is 1.12 bits per heavy atom. The van der Waals surface area contributed by atoms with Crippen molar-refractivity contribution in [1.82, 2.24) is 10.2 Å². The summed E-state index contributed by atoms with van der Waals surface area (Å²) in [6, 6.07) is 11.7. The zero-order chi connectivity index (χ0) is 17.2. The Morgan fingerprint density at radius 3 is 2.48 bits per heavy atom. The van der Waals surface area contributed by atoms with Gasteiger partial charge in [0.25, 0.3) is 0 Å². The van der Waals surface area contributed by atoms with Crippen molar-refractivity contribution in [3.05, 3.63) is 35.9 Å². The number of piperidine rings is 1. The van der Waals surface area contributed by atoms with E-state index in [0.717, 1.165) is 55.8 Å². The Bertz CT molecular complexity index is 579. The van der Waals surface area contributed by atoms with Gasteiger partial charge in [-0.3, -0.25) is 4.79 Å². The van der Waals surface area contributed by atoms with Crippen LogP contribution in [-0.2, 0) is 4.79 Å². The molecule has 3 fully saturated rings. The van der Waals surface area contributed by atoms with E-state index in [4.69, 9.17) is 0 Å². The molecule has 0 spiro atoms. The summed E-state index contributed by atoms with van der Waals surface area (Å²) in [5.74, 6) is 2.29. The largest absolute Gasteiger partial charge is 0.342 e. The van der Waals surface area contributed by atoms with E-state index in [1.807, 2.05) is 18.2 Å². The molecule has 1 aromatic rings. The third kappa shape index (κ3) is 3.62. The van der Waals surface area contributed by atoms with Gasteiger partial charge in [-0.25, -0.2) is 0 Å². The fourth-order valence-corrected chi connectivity index (χ4v) is 5.48. The van der Waals surface area contributed by atoms with Crippen molar-refractivity contribution < 1.29 is 4.79 Å². The molecule has 4 rings (SSSR count). The molecule has 1 saturated heterocycles. The summed E-state index contributed by atoms with van der Waals surface area (Å²) >= 11 is 0. The van der Waals surface area contributed by atoms with Gasteiger partial charge < -0.3 is 10.2 Å². The maximum Gasteiger partial charge on any atom is 0.230 e. The molecule has 1 N–H and O–H groups in total. The predicted octanol–water partition coefficient (Wildman–Crippen LogP) is 3.95. The molecule has 3 nitrogen and oxygen atoms in total. The van der Waals surface area contributed by atoms with E-state index >= 15 is 0 Å². The lowest BCUT2D eigenvalue weighted by Gasteiger charge is -2.37. The van der Waals surface area contributed by atoms with E-state index in [9.17, 15) is 4.79 Å². The van der Waals surface area contributed by atoms with Crippen LogP contribution in [-0.4, -0.2) is 36.0 Å². The molecule has 1 aromatic carbocycles. The Morgan fingerprint density at radius 2 is 1.88 bits per heavy atom. The van der Waals surface area contributed by atoms with Crippen LogP contribution in [0.4, 0.5) is 0 Å². The molecule has 1 amide bonds. The Kier molecular flexibility index (Phi) is 5.12. The van der Waals surface area contributed by atoms with Crippen LogP contribution in [0.2, 0.25) is 0 Å². The van der Waals surface area contributed by atoms with Gasteiger partial charge in [-0.15, -0.1) is 0 Å². The minimum Gasteiger partial charge on any atom is -0.342 e. The quantitative estimate of drug-likeness (QED) is 0.880. The van der Waals surface area contributed by atoms with E-state index in [1.165, 1.54) is 25.7 Å². The predicted molar refractivity (Wildman–Crippen MR) is 101 cm³/mol. The van der Waals surface area contributed by atoms with E-state index in [1.54, 1.807) is 0 Å². The summed E-state index contributed by atoms with van der Waals surface area (Å²) in [6.07, 6.45) is 8.88. The summed E-state index contributed by atoms with van der Waals surface area (Å²) in [5.41, 5.74) is 1.16. The standard InChI is InChI=1S/C22H32N2O/c1-2-20(17-6-4-3-5-7-17)22(25)24-12-10-19(11-13-24)23-21-15-16-8-9-18(21)14-16/h3-7,16,18-21,23H,2,8-15H2,1H3/t16-,18-,20+,21-/m0/s1. The molecule has 25 heavy (non-hydrogen) atoms. The number of benzene rings is 1. The number of fused-ring (bicyclic) bond motifs is 2. The van der Waals surface area contributed by atoms with Crippen LogP contribution in [0.5, 0.6) is 0 Å². The van der Waals surface area contributed by atoms with Crippen molar-refractivity contribution in [3.8, 4) is 0 Å². The second-order valence-corrected chi connectivity index (χ2v) is 8.42. The van der Waals surface area contributed by atoms with Gasteiger partial charge in [0.05, 0.1) is 5.92 Å². The molecular formula is C22H32N2O. The smallest absolute Gasteiger partial charge is 0.230 e. The average Bonchev–Trinajstić information content (AvgIpc) is 3.27. The normalized spacial score (nSPS) is 30.6. The number of rotatable bonds is 5. The lowest BCUT2D eigenvalue weighted by molar-refractivity contribution is -0.134. The topological polar surface area (TPSA) is 32.3 Å². The van der Waals surface area contributed by atoms with Crippen LogP contribution < -0.4 is 5.32 Å². The monoisotopic (exact) mass is 340 g/mol. The maximum absolute atomic E-state index is 13.0. The number of carbonyl (C=O) groups excluding carboxylic acids is 1. The highest BCUT2D eigenvalue weighted by atomic mass is 16.2. The van der Waals surface area contributed by atoms with Gasteiger partial charge in [0, 0.05) is 25.2 Å². The van der Waals surface area contributed by atoms with Crippen molar-refractivity contribution in [1.29, 1.82) is 0 Å². The Balaban J connectivity index is 1.30. The Labute approximate surface area is 152 Å². The first-order valence-corrected chi connectivity index (χ1v) is 10.3. The fourth-order valence-electron chi connectivity index (χ4n) is 5.48. The molecule has 1 aliphatic heterocycles. The number of hydrogen-bond acceptors (Lipinski definition) is 2. The van der Waals surface area contributed by atoms with Crippen molar-refractivity contribution in [2.45, 2.75) is 69.9 Å². The molecule has 2 aliphatic carbocycles. The Hall–Kier alpha value is -1.35. The number of nitrogens with zero attached hydrogens (tertiary/aromatic N) is 1. The van der Waals surface area contributed by atoms with Gasteiger partial charge in [0.2, 0.25) is 5.91 Å². The highest BCUT2D eigenvalue weighted by Gasteiger charge is 2.40. The molecule has 3 aliphatic rings. The SMILES string of the molecule is CC[C@@H](C(=O)N1CCC(N[C@H]2C[C@H]3CC[C@H]2C3)CC1)c1ccccc1. The van der Waals surface area contributed by atoms with E-state index in [0.29, 0.717) is 11.9 Å². The van der Waals surface area contributed by atoms with Gasteiger partial charge in [-0.1, -0.05) is 43.7 Å². The number of nitrogens with one attached hydrogen (secondary N) is 1. The van der Waals surface area contributed by atoms with Gasteiger partial charge in [-0.2, -0.15) is 0 Å². The lowest BCUT2D eigenvalue weighted by Crippen LogP contribution is -2.49. The fraction of sp³-hybridized carbons (Fsp3) is 0.682. The lowest BCUT2D eigenvalue weighted by atomic mass is 9.92. The zero-order valence-corrected chi connectivity index (χ0v) is 15.5. The second-order valence-electron chi connectivity index (χ2n) is 8.42. The van der Waals surface area contributed by atoms with Crippen LogP contribution in [0.15, 0.2) is 30.3 Å². The molecular weight excluding hydrogens is 308 g/mol. The molecule has 136 valence electrons. The van der Waals surface area contributed by atoms with E-state index < -0.39 is 0 Å². The van der Waals surface area contributed by atoms with E-state index in [-0.39, 0.29) is 5.92 Å². The molecule has 0 unspecified atom stereocenters. The van der Waals surface area contributed by atoms with Crippen molar-refractivity contribution in [2.75, 3.05) is 13.1 Å². The van der Waals surface area contributed by atoms with Gasteiger partial charge >= 0.3 is 0 Å². The summed E-state index contributed by atoms with van der Waals surface area (Å²) in [5, 5.41) is 3.95. The molecule has 3 heteroatoms. The average molecular weight is 341 g/mol. The summed E-state index contributed by atoms with van der Waals surface area (Å²) in [6.45, 7) is 3.96. The summed E-state index contributed by atoms with van der Waals surface area (Å²) in [4.78, 5) is 15.1. The van der Waals surface area contributed by atoms with Crippen molar-refractivity contribution >= 4 is 5.91 Å². The maximum atomic E-state index is 13.0. The number of amides is 1. The van der Waals surface area contributed by atoms with Gasteiger partial charge in [-0.05, 0) is 55.9 Å². The van der Waals surface area contributed by atoms with Crippen molar-refractivity contribution in [2.24, 2.45) is 11.8 Å². The minimum atomic E-state index is 0.0243. The summed E-state index contributed by atoms with van der Waals surface area (Å²) in [7, 11) is 0. The highest BCUT2D eigenvalue weighted by Crippen LogP contribution is 2.44. The molecule has 0 aromatic heterocycles. The van der Waals surface area contributed by atoms with Crippen LogP contribution in [0, 0.1) is 11.8 Å². The first-order valence-electron chi connectivity index (χ1n) is 10.3. The van der Waals surface area contributed by atoms with Gasteiger partial charge in [0.15, 0.2) is 0 Å². The molecule has 4 atom stereocenters. The van der Waals surface area contributed by atoms with Crippen LogP contribution in [0.1, 0.15) is 63.4 Å². The summed E-state index contributed by atoms with van der Waals surface area (Å²) < 4.78 is 0. The number of likely N-dealkylation sites (tertiary alicyclic amines) is 1. The van der Waals surface area contributed by atoms with Crippen LogP contribution in [0.3, 0.4) is 0 Å². The third-order valence-electron chi connectivity index (χ3n) is 6.90. The first-order chi connectivity index (χ1) is 12.2.